The summed E-state index contributed by atoms with van der Waals surface area (Å²) in [6, 6.07) is 7.38. The fourth-order valence-corrected chi connectivity index (χ4v) is 4.31. The second kappa shape index (κ2) is 5.61. The second-order valence-corrected chi connectivity index (χ2v) is 7.43. The molecule has 1 aromatic carbocycles. The summed E-state index contributed by atoms with van der Waals surface area (Å²) in [6.45, 7) is 3.77. The molecule has 4 nitrogen and oxygen atoms in total. The lowest BCUT2D eigenvalue weighted by molar-refractivity contribution is 0.167. The number of fused-ring (bicyclic) bond motifs is 1. The van der Waals surface area contributed by atoms with E-state index in [-0.39, 0.29) is 23.9 Å². The highest BCUT2D eigenvalue weighted by Gasteiger charge is 2.30. The Morgan fingerprint density at radius 1 is 1.37 bits per heavy atom. The first-order chi connectivity index (χ1) is 8.90. The molecule has 0 aromatic heterocycles. The van der Waals surface area contributed by atoms with Gasteiger partial charge in [0.15, 0.2) is 9.84 Å². The molecule has 5 heteroatoms. The van der Waals surface area contributed by atoms with Crippen LogP contribution in [0.4, 0.5) is 0 Å². The van der Waals surface area contributed by atoms with Crippen molar-refractivity contribution in [2.45, 2.75) is 49.8 Å². The van der Waals surface area contributed by atoms with Crippen LogP contribution >= 0.6 is 0 Å². The van der Waals surface area contributed by atoms with Crippen LogP contribution in [0.25, 0.3) is 0 Å². The third kappa shape index (κ3) is 3.35. The van der Waals surface area contributed by atoms with E-state index in [1.807, 2.05) is 19.1 Å². The lowest BCUT2D eigenvalue weighted by atomic mass is 10.0. The summed E-state index contributed by atoms with van der Waals surface area (Å²) in [5, 5.41) is 12.8. The normalized spacial score (nSPS) is 24.5. The summed E-state index contributed by atoms with van der Waals surface area (Å²) in [5.74, 6) is 0.184. The smallest absolute Gasteiger partial charge is 0.178 e. The first-order valence-corrected chi connectivity index (χ1v) is 8.31. The van der Waals surface area contributed by atoms with E-state index in [1.54, 1.807) is 19.1 Å². The fraction of sp³-hybridized carbons (Fsp3) is 0.571. The van der Waals surface area contributed by atoms with Crippen LogP contribution in [0, 0.1) is 0 Å². The SMILES string of the molecule is CC(O)CC(C)NC1CCS(=O)(=O)c2ccccc21. The summed E-state index contributed by atoms with van der Waals surface area (Å²) in [7, 11) is -3.12. The molecule has 106 valence electrons. The van der Waals surface area contributed by atoms with Gasteiger partial charge in [0.25, 0.3) is 0 Å². The van der Waals surface area contributed by atoms with Crippen LogP contribution < -0.4 is 5.32 Å². The van der Waals surface area contributed by atoms with E-state index in [0.29, 0.717) is 17.7 Å². The van der Waals surface area contributed by atoms with Crippen LogP contribution in [-0.4, -0.2) is 31.4 Å². The Morgan fingerprint density at radius 3 is 2.74 bits per heavy atom. The molecule has 0 bridgehead atoms. The molecule has 1 heterocycles. The Morgan fingerprint density at radius 2 is 2.05 bits per heavy atom. The highest BCUT2D eigenvalue weighted by Crippen LogP contribution is 2.32. The molecule has 0 radical (unpaired) electrons. The number of aliphatic hydroxyl groups excluding tert-OH is 1. The molecule has 1 aromatic rings. The van der Waals surface area contributed by atoms with Crippen LogP contribution in [0.1, 0.15) is 38.3 Å². The molecule has 0 spiro atoms. The van der Waals surface area contributed by atoms with Gasteiger partial charge >= 0.3 is 0 Å². The van der Waals surface area contributed by atoms with Gasteiger partial charge in [-0.1, -0.05) is 18.2 Å². The van der Waals surface area contributed by atoms with Gasteiger partial charge in [-0.25, -0.2) is 8.42 Å². The van der Waals surface area contributed by atoms with Crippen molar-refractivity contribution >= 4 is 9.84 Å². The zero-order chi connectivity index (χ0) is 14.0. The van der Waals surface area contributed by atoms with E-state index in [9.17, 15) is 13.5 Å². The predicted molar refractivity (Wildman–Crippen MR) is 74.7 cm³/mol. The molecule has 0 fully saturated rings. The lowest BCUT2D eigenvalue weighted by Crippen LogP contribution is -2.36. The van der Waals surface area contributed by atoms with E-state index in [0.717, 1.165) is 5.56 Å². The van der Waals surface area contributed by atoms with Crippen molar-refractivity contribution in [3.8, 4) is 0 Å². The van der Waals surface area contributed by atoms with Crippen molar-refractivity contribution in [3.05, 3.63) is 29.8 Å². The Balaban J connectivity index is 2.21. The van der Waals surface area contributed by atoms with Crippen LogP contribution in [0.2, 0.25) is 0 Å². The minimum atomic E-state index is -3.12. The van der Waals surface area contributed by atoms with Crippen LogP contribution in [0.3, 0.4) is 0 Å². The fourth-order valence-electron chi connectivity index (χ4n) is 2.69. The number of hydrogen-bond donors (Lipinski definition) is 2. The van der Waals surface area contributed by atoms with Crippen molar-refractivity contribution in [3.63, 3.8) is 0 Å². The van der Waals surface area contributed by atoms with Crippen molar-refractivity contribution in [2.75, 3.05) is 5.75 Å². The minimum absolute atomic E-state index is 0.0495. The average Bonchev–Trinajstić information content (AvgIpc) is 2.32. The van der Waals surface area contributed by atoms with Gasteiger partial charge in [-0.3, -0.25) is 0 Å². The highest BCUT2D eigenvalue weighted by molar-refractivity contribution is 7.91. The van der Waals surface area contributed by atoms with E-state index in [2.05, 4.69) is 5.32 Å². The van der Waals surface area contributed by atoms with E-state index < -0.39 is 9.84 Å². The third-order valence-electron chi connectivity index (χ3n) is 3.49. The Hall–Kier alpha value is -0.910. The van der Waals surface area contributed by atoms with Crippen LogP contribution in [0.5, 0.6) is 0 Å². The van der Waals surface area contributed by atoms with Gasteiger partial charge in [0, 0.05) is 12.1 Å². The van der Waals surface area contributed by atoms with Gasteiger partial charge in [0.2, 0.25) is 0 Å². The molecule has 3 unspecified atom stereocenters. The second-order valence-electron chi connectivity index (χ2n) is 5.35. The molecular formula is C14H21NO3S. The van der Waals surface area contributed by atoms with E-state index in [4.69, 9.17) is 0 Å². The topological polar surface area (TPSA) is 66.4 Å². The zero-order valence-corrected chi connectivity index (χ0v) is 12.2. The lowest BCUT2D eigenvalue weighted by Gasteiger charge is -2.29. The molecule has 0 saturated carbocycles. The third-order valence-corrected chi connectivity index (χ3v) is 5.30. The quantitative estimate of drug-likeness (QED) is 0.882. The maximum atomic E-state index is 12.0. The molecule has 0 amide bonds. The molecule has 19 heavy (non-hydrogen) atoms. The number of rotatable bonds is 4. The summed E-state index contributed by atoms with van der Waals surface area (Å²) < 4.78 is 24.0. The summed E-state index contributed by atoms with van der Waals surface area (Å²) in [5.41, 5.74) is 0.853. The van der Waals surface area contributed by atoms with E-state index in [1.165, 1.54) is 0 Å². The maximum absolute atomic E-state index is 12.0. The molecule has 3 atom stereocenters. The summed E-state index contributed by atoms with van der Waals surface area (Å²) >= 11 is 0. The van der Waals surface area contributed by atoms with Gasteiger partial charge < -0.3 is 10.4 Å². The predicted octanol–water partition coefficient (Wildman–Crippen LogP) is 1.65. The number of aliphatic hydroxyl groups is 1. The largest absolute Gasteiger partial charge is 0.393 e. The number of sulfone groups is 1. The summed E-state index contributed by atoms with van der Waals surface area (Å²) in [4.78, 5) is 0.447. The van der Waals surface area contributed by atoms with Crippen molar-refractivity contribution < 1.29 is 13.5 Å². The van der Waals surface area contributed by atoms with E-state index >= 15 is 0 Å². The molecule has 1 aliphatic rings. The monoisotopic (exact) mass is 283 g/mol. The molecule has 2 N–H and O–H groups in total. The highest BCUT2D eigenvalue weighted by atomic mass is 32.2. The average molecular weight is 283 g/mol. The van der Waals surface area contributed by atoms with Crippen molar-refractivity contribution in [1.82, 2.24) is 5.32 Å². The zero-order valence-electron chi connectivity index (χ0n) is 11.3. The van der Waals surface area contributed by atoms with Gasteiger partial charge in [0.05, 0.1) is 16.8 Å². The van der Waals surface area contributed by atoms with Crippen molar-refractivity contribution in [1.29, 1.82) is 0 Å². The van der Waals surface area contributed by atoms with Crippen LogP contribution in [-0.2, 0) is 9.84 Å². The van der Waals surface area contributed by atoms with Gasteiger partial charge in [-0.05, 0) is 38.3 Å². The Kier molecular flexibility index (Phi) is 4.28. The van der Waals surface area contributed by atoms with Crippen LogP contribution in [0.15, 0.2) is 29.2 Å². The number of benzene rings is 1. The Labute approximate surface area is 114 Å². The molecular weight excluding hydrogens is 262 g/mol. The van der Waals surface area contributed by atoms with Crippen molar-refractivity contribution in [2.24, 2.45) is 0 Å². The maximum Gasteiger partial charge on any atom is 0.178 e. The minimum Gasteiger partial charge on any atom is -0.393 e. The first kappa shape index (κ1) is 14.5. The number of nitrogens with one attached hydrogen (secondary N) is 1. The molecule has 1 aliphatic heterocycles. The number of hydrogen-bond acceptors (Lipinski definition) is 4. The molecule has 0 aliphatic carbocycles. The molecule has 2 rings (SSSR count). The summed E-state index contributed by atoms with van der Waals surface area (Å²) in [6.07, 6.45) is 0.889. The van der Waals surface area contributed by atoms with Gasteiger partial charge in [0.1, 0.15) is 0 Å². The standard InChI is InChI=1S/C14H21NO3S/c1-10(9-11(2)16)15-13-7-8-19(17,18)14-6-4-3-5-12(13)14/h3-6,10-11,13,15-16H,7-9H2,1-2H3. The van der Waals surface area contributed by atoms with Gasteiger partial charge in [-0.2, -0.15) is 0 Å². The molecule has 0 saturated heterocycles. The first-order valence-electron chi connectivity index (χ1n) is 6.66. The Bertz CT molecular complexity index is 539. The van der Waals surface area contributed by atoms with Gasteiger partial charge in [-0.15, -0.1) is 0 Å².